The highest BCUT2D eigenvalue weighted by molar-refractivity contribution is 7.68. The zero-order valence-electron chi connectivity index (χ0n) is 31.7. The van der Waals surface area contributed by atoms with Gasteiger partial charge in [0.15, 0.2) is 0 Å². The average Bonchev–Trinajstić information content (AvgIpc) is 2.98. The van der Waals surface area contributed by atoms with E-state index in [-0.39, 0.29) is 21.7 Å². The Kier molecular flexibility index (Phi) is 11.7. The highest BCUT2D eigenvalue weighted by Gasteiger charge is 2.29. The molecule has 258 valence electrons. The summed E-state index contributed by atoms with van der Waals surface area (Å²) < 4.78 is 0. The minimum Gasteiger partial charge on any atom is -0.507 e. The van der Waals surface area contributed by atoms with Gasteiger partial charge in [-0.05, 0) is 78.0 Å². The van der Waals surface area contributed by atoms with Gasteiger partial charge in [0.25, 0.3) is 0 Å². The van der Waals surface area contributed by atoms with Crippen LogP contribution in [0, 0.1) is 0 Å². The number of aromatic hydroxyl groups is 2. The molecule has 0 radical (unpaired) electrons. The molecule has 4 aromatic carbocycles. The monoisotopic (exact) mass is 682 g/mol. The Hall–Kier alpha value is -2.66. The molecule has 0 aliphatic rings. The Bertz CT molecular complexity index is 1540. The molecular formula is C44H60O2P2. The number of benzene rings is 4. The van der Waals surface area contributed by atoms with Crippen molar-refractivity contribution < 1.29 is 10.2 Å². The second kappa shape index (κ2) is 14.7. The van der Waals surface area contributed by atoms with Crippen LogP contribution in [0.5, 0.6) is 11.5 Å². The molecule has 0 aliphatic heterocycles. The first-order chi connectivity index (χ1) is 22.2. The largest absolute Gasteiger partial charge is 0.507 e. The van der Waals surface area contributed by atoms with Crippen LogP contribution >= 0.6 is 15.8 Å². The number of hydrogen-bond acceptors (Lipinski definition) is 2. The van der Waals surface area contributed by atoms with Gasteiger partial charge in [-0.2, -0.15) is 0 Å². The maximum atomic E-state index is 11.8. The molecule has 0 saturated heterocycles. The molecule has 4 rings (SSSR count). The normalized spacial score (nSPS) is 14.2. The molecule has 0 aliphatic carbocycles. The SMILES string of the molecule is CC(C)(C)c1cc(CP(CCP(Cc2cc(C(C)(C)C)cc(C(C)(C)C)c2O)c2ccccc2)c2ccccc2)c(O)c(C(C)(C)C)c1. The molecule has 0 fully saturated rings. The second-order valence-corrected chi connectivity index (χ2v) is 22.3. The predicted octanol–water partition coefficient (Wildman–Crippen LogP) is 11.6. The van der Waals surface area contributed by atoms with Crippen molar-refractivity contribution in [2.24, 2.45) is 0 Å². The van der Waals surface area contributed by atoms with E-state index < -0.39 is 15.8 Å². The predicted molar refractivity (Wildman–Crippen MR) is 214 cm³/mol. The summed E-state index contributed by atoms with van der Waals surface area (Å²) in [5.41, 5.74) is 6.39. The van der Waals surface area contributed by atoms with E-state index in [9.17, 15) is 10.2 Å². The molecule has 0 saturated carbocycles. The van der Waals surface area contributed by atoms with Gasteiger partial charge in [0.05, 0.1) is 0 Å². The number of rotatable bonds is 9. The van der Waals surface area contributed by atoms with Gasteiger partial charge in [-0.3, -0.25) is 0 Å². The van der Waals surface area contributed by atoms with Gasteiger partial charge in [0.2, 0.25) is 0 Å². The van der Waals surface area contributed by atoms with Crippen molar-refractivity contribution in [2.45, 2.75) is 117 Å². The molecule has 0 spiro atoms. The maximum absolute atomic E-state index is 11.8. The number of phenols is 2. The lowest BCUT2D eigenvalue weighted by Crippen LogP contribution is -2.18. The van der Waals surface area contributed by atoms with Crippen LogP contribution in [0.1, 0.15) is 116 Å². The van der Waals surface area contributed by atoms with Gasteiger partial charge in [0.1, 0.15) is 11.5 Å². The maximum Gasteiger partial charge on any atom is 0.122 e. The minimum absolute atomic E-state index is 0.0188. The van der Waals surface area contributed by atoms with Crippen molar-refractivity contribution in [3.8, 4) is 11.5 Å². The Morgan fingerprint density at radius 1 is 0.438 bits per heavy atom. The van der Waals surface area contributed by atoms with Gasteiger partial charge in [-0.15, -0.1) is 0 Å². The van der Waals surface area contributed by atoms with E-state index in [4.69, 9.17) is 0 Å². The molecule has 0 aromatic heterocycles. The first kappa shape index (κ1) is 38.1. The third kappa shape index (κ3) is 9.52. The fraction of sp³-hybridized carbons (Fsp3) is 0.455. The Morgan fingerprint density at radius 2 is 0.750 bits per heavy atom. The first-order valence-corrected chi connectivity index (χ1v) is 20.9. The van der Waals surface area contributed by atoms with Crippen LogP contribution in [0.15, 0.2) is 84.9 Å². The topological polar surface area (TPSA) is 40.5 Å². The zero-order chi connectivity index (χ0) is 35.7. The number of phenolic OH excluding ortho intramolecular Hbond substituents is 2. The van der Waals surface area contributed by atoms with Gasteiger partial charge in [-0.1, -0.05) is 184 Å². The van der Waals surface area contributed by atoms with E-state index in [2.05, 4.69) is 168 Å². The van der Waals surface area contributed by atoms with Crippen molar-refractivity contribution in [1.29, 1.82) is 0 Å². The molecule has 2 nitrogen and oxygen atoms in total. The summed E-state index contributed by atoms with van der Waals surface area (Å²) >= 11 is 0. The molecule has 0 heterocycles. The third-order valence-electron chi connectivity index (χ3n) is 9.33. The summed E-state index contributed by atoms with van der Waals surface area (Å²) in [4.78, 5) is 0. The Morgan fingerprint density at radius 3 is 1.02 bits per heavy atom. The van der Waals surface area contributed by atoms with E-state index >= 15 is 0 Å². The quantitative estimate of drug-likeness (QED) is 0.173. The molecule has 0 bridgehead atoms. The first-order valence-electron chi connectivity index (χ1n) is 17.5. The fourth-order valence-corrected chi connectivity index (χ4v) is 11.8. The molecule has 48 heavy (non-hydrogen) atoms. The van der Waals surface area contributed by atoms with E-state index in [0.717, 1.165) is 46.9 Å². The van der Waals surface area contributed by atoms with Crippen LogP contribution in [0.25, 0.3) is 0 Å². The minimum atomic E-state index is -0.606. The molecule has 2 atom stereocenters. The Balaban J connectivity index is 1.77. The van der Waals surface area contributed by atoms with Crippen LogP contribution in [-0.2, 0) is 34.0 Å². The van der Waals surface area contributed by atoms with Crippen LogP contribution in [0.2, 0.25) is 0 Å². The van der Waals surface area contributed by atoms with Crippen LogP contribution in [0.3, 0.4) is 0 Å². The van der Waals surface area contributed by atoms with Crippen LogP contribution < -0.4 is 10.6 Å². The molecule has 2 unspecified atom stereocenters. The average molecular weight is 683 g/mol. The summed E-state index contributed by atoms with van der Waals surface area (Å²) in [6.45, 7) is 26.7. The van der Waals surface area contributed by atoms with E-state index in [0.29, 0.717) is 11.5 Å². The van der Waals surface area contributed by atoms with Gasteiger partial charge in [-0.25, -0.2) is 0 Å². The third-order valence-corrected chi connectivity index (χ3v) is 14.7. The summed E-state index contributed by atoms with van der Waals surface area (Å²) in [5.74, 6) is 0.922. The summed E-state index contributed by atoms with van der Waals surface area (Å²) in [5, 5.41) is 26.3. The van der Waals surface area contributed by atoms with Gasteiger partial charge >= 0.3 is 0 Å². The van der Waals surface area contributed by atoms with Crippen LogP contribution in [-0.4, -0.2) is 22.5 Å². The van der Waals surface area contributed by atoms with Crippen molar-refractivity contribution in [1.82, 2.24) is 0 Å². The standard InChI is InChI=1S/C44H60O2P2/c1-41(2,3)33-25-31(39(45)37(27-33)43(7,8)9)29-47(35-19-15-13-16-20-35)23-24-48(36-21-17-14-18-22-36)30-32-26-34(42(4,5)6)28-38(40(32)46)44(10,11)12/h13-22,25-28,45-46H,23-24,29-30H2,1-12H3. The second-order valence-electron chi connectivity index (χ2n) is 17.6. The fourth-order valence-electron chi connectivity index (χ4n) is 6.17. The molecule has 4 heteroatoms. The summed E-state index contributed by atoms with van der Waals surface area (Å²) in [7, 11) is -1.21. The lowest BCUT2D eigenvalue weighted by atomic mass is 9.79. The van der Waals surface area contributed by atoms with Crippen LogP contribution in [0.4, 0.5) is 0 Å². The summed E-state index contributed by atoms with van der Waals surface area (Å²) in [6.07, 6.45) is 3.79. The Labute approximate surface area is 294 Å². The molecule has 2 N–H and O–H groups in total. The molecular weight excluding hydrogens is 622 g/mol. The van der Waals surface area contributed by atoms with Gasteiger partial charge < -0.3 is 10.2 Å². The molecule has 0 amide bonds. The van der Waals surface area contributed by atoms with Crippen molar-refractivity contribution in [3.05, 3.63) is 118 Å². The lowest BCUT2D eigenvalue weighted by molar-refractivity contribution is 0.439. The molecule has 4 aromatic rings. The smallest absolute Gasteiger partial charge is 0.122 e. The van der Waals surface area contributed by atoms with Crippen molar-refractivity contribution in [3.63, 3.8) is 0 Å². The van der Waals surface area contributed by atoms with E-state index in [1.165, 1.54) is 21.7 Å². The zero-order valence-corrected chi connectivity index (χ0v) is 33.5. The van der Waals surface area contributed by atoms with Crippen molar-refractivity contribution in [2.75, 3.05) is 12.3 Å². The van der Waals surface area contributed by atoms with E-state index in [1.54, 1.807) is 0 Å². The van der Waals surface area contributed by atoms with Crippen molar-refractivity contribution >= 4 is 26.5 Å². The van der Waals surface area contributed by atoms with Gasteiger partial charge in [0, 0.05) is 12.3 Å². The lowest BCUT2D eigenvalue weighted by Gasteiger charge is -2.30. The summed E-state index contributed by atoms with van der Waals surface area (Å²) in [6, 6.07) is 30.9. The highest BCUT2D eigenvalue weighted by atomic mass is 31.1. The van der Waals surface area contributed by atoms with E-state index in [1.807, 2.05) is 0 Å². The highest BCUT2D eigenvalue weighted by Crippen LogP contribution is 2.50. The number of hydrogen-bond donors (Lipinski definition) is 2.